The van der Waals surface area contributed by atoms with Gasteiger partial charge >= 0.3 is 0 Å². The van der Waals surface area contributed by atoms with Gasteiger partial charge in [-0.3, -0.25) is 0 Å². The molecule has 0 aromatic heterocycles. The van der Waals surface area contributed by atoms with E-state index in [4.69, 9.17) is 0 Å². The molecule has 30 heavy (non-hydrogen) atoms. The standard InChI is InChI=1S/C19H33.8CH4.B.2Y/c1-15-7-9-17(10-8-15)19-13-11-18(12-14-19)16-5-3-2-4-6-16;;;;;;;;;;;/h2,15-19H,3-14H2,1H3;8*1H4;;;/q-1;;;;;;;;;;;. The van der Waals surface area contributed by atoms with Gasteiger partial charge in [-0.1, -0.05) is 92.0 Å². The Kier molecular flexibility index (Phi) is 60.7. The average Bonchev–Trinajstić information content (AvgIpc) is 2.49. The van der Waals surface area contributed by atoms with E-state index < -0.39 is 0 Å². The Morgan fingerprint density at radius 3 is 0.967 bits per heavy atom. The van der Waals surface area contributed by atoms with Gasteiger partial charge in [-0.05, 0) is 68.1 Å². The molecule has 0 aromatic rings. The van der Waals surface area contributed by atoms with Crippen molar-refractivity contribution in [3.05, 3.63) is 6.42 Å². The first-order chi connectivity index (χ1) is 9.33. The van der Waals surface area contributed by atoms with Crippen molar-refractivity contribution >= 4 is 8.41 Å². The van der Waals surface area contributed by atoms with Crippen LogP contribution in [0.25, 0.3) is 0 Å². The normalized spacial score (nSPS) is 26.7. The molecule has 0 atom stereocenters. The third-order valence-electron chi connectivity index (χ3n) is 6.69. The molecule has 0 N–H and O–H groups in total. The van der Waals surface area contributed by atoms with Crippen molar-refractivity contribution < 1.29 is 65.4 Å². The first kappa shape index (κ1) is 58.3. The van der Waals surface area contributed by atoms with Gasteiger partial charge in [0.05, 0.1) is 0 Å². The monoisotopic (exact) mass is 578 g/mol. The molecule has 3 aliphatic carbocycles. The minimum atomic E-state index is 0. The van der Waals surface area contributed by atoms with Crippen LogP contribution in [-0.4, -0.2) is 8.41 Å². The molecule has 183 valence electrons. The fourth-order valence-corrected chi connectivity index (χ4v) is 5.27. The summed E-state index contributed by atoms with van der Waals surface area (Å²) in [6.45, 7) is 2.45. The number of hydrogen-bond acceptors (Lipinski definition) is 0. The Balaban J connectivity index is -0.0000000573. The van der Waals surface area contributed by atoms with Gasteiger partial charge in [0.1, 0.15) is 0 Å². The molecule has 3 rings (SSSR count). The predicted molar refractivity (Wildman–Crippen MR) is 142 cm³/mol. The van der Waals surface area contributed by atoms with Crippen LogP contribution in [0.2, 0.25) is 0 Å². The molecule has 3 heteroatoms. The first-order valence-electron chi connectivity index (χ1n) is 9.14. The van der Waals surface area contributed by atoms with E-state index >= 15 is 0 Å². The summed E-state index contributed by atoms with van der Waals surface area (Å²) in [5.41, 5.74) is 0. The van der Waals surface area contributed by atoms with Crippen LogP contribution >= 0.6 is 0 Å². The molecule has 3 aliphatic rings. The minimum Gasteiger partial charge on any atom is -0.328 e. The van der Waals surface area contributed by atoms with E-state index in [1.54, 1.807) is 38.5 Å². The zero-order valence-corrected chi connectivity index (χ0v) is 20.4. The van der Waals surface area contributed by atoms with Crippen molar-refractivity contribution in [1.29, 1.82) is 0 Å². The molecular weight excluding hydrogens is 513 g/mol. The summed E-state index contributed by atoms with van der Waals surface area (Å²) in [4.78, 5) is 0. The van der Waals surface area contributed by atoms with Gasteiger partial charge in [-0.15, -0.1) is 0 Å². The van der Waals surface area contributed by atoms with Crippen LogP contribution in [0.15, 0.2) is 0 Å². The zero-order chi connectivity index (χ0) is 13.1. The van der Waals surface area contributed by atoms with Crippen molar-refractivity contribution in [2.75, 3.05) is 0 Å². The summed E-state index contributed by atoms with van der Waals surface area (Å²) in [6, 6.07) is 0. The summed E-state index contributed by atoms with van der Waals surface area (Å²) in [5.74, 6) is 5.44. The van der Waals surface area contributed by atoms with E-state index in [9.17, 15) is 0 Å². The topological polar surface area (TPSA) is 0 Å². The molecule has 3 saturated carbocycles. The molecule has 0 aliphatic heterocycles. The Hall–Kier alpha value is 2.27. The van der Waals surface area contributed by atoms with Crippen molar-refractivity contribution in [3.63, 3.8) is 0 Å². The Morgan fingerprint density at radius 2 is 0.667 bits per heavy atom. The van der Waals surface area contributed by atoms with E-state index in [0.29, 0.717) is 0 Å². The Morgan fingerprint density at radius 1 is 0.433 bits per heavy atom. The van der Waals surface area contributed by atoms with Crippen molar-refractivity contribution in [2.24, 2.45) is 29.6 Å². The van der Waals surface area contributed by atoms with Gasteiger partial charge in [0.2, 0.25) is 0 Å². The van der Waals surface area contributed by atoms with Crippen molar-refractivity contribution in [1.82, 2.24) is 0 Å². The van der Waals surface area contributed by atoms with Crippen LogP contribution in [0.5, 0.6) is 0 Å². The molecule has 0 nitrogen and oxygen atoms in total. The fourth-order valence-electron chi connectivity index (χ4n) is 5.27. The molecule has 0 saturated heterocycles. The van der Waals surface area contributed by atoms with Crippen molar-refractivity contribution in [2.45, 2.75) is 143 Å². The summed E-state index contributed by atoms with van der Waals surface area (Å²) in [5, 5.41) is 0. The number of rotatable bonds is 2. The second-order valence-corrected chi connectivity index (χ2v) is 7.90. The van der Waals surface area contributed by atoms with Crippen molar-refractivity contribution in [3.8, 4) is 0 Å². The van der Waals surface area contributed by atoms with Crippen LogP contribution in [0.1, 0.15) is 143 Å². The quantitative estimate of drug-likeness (QED) is 0.226. The molecular formula is C27H65BY2-. The van der Waals surface area contributed by atoms with E-state index in [1.807, 2.05) is 0 Å². The zero-order valence-electron chi connectivity index (χ0n) is 14.7. The Bertz CT molecular complexity index is 264. The minimum absolute atomic E-state index is 0. The summed E-state index contributed by atoms with van der Waals surface area (Å²) < 4.78 is 0. The molecule has 0 bridgehead atoms. The van der Waals surface area contributed by atoms with Crippen LogP contribution in [0.3, 0.4) is 0 Å². The van der Waals surface area contributed by atoms with Crippen LogP contribution in [0.4, 0.5) is 0 Å². The smallest absolute Gasteiger partial charge is 0 e. The maximum atomic E-state index is 2.52. The summed E-state index contributed by atoms with van der Waals surface area (Å²) in [6.07, 6.45) is 20.8. The van der Waals surface area contributed by atoms with Crippen LogP contribution in [0, 0.1) is 36.0 Å². The van der Waals surface area contributed by atoms with Gasteiger partial charge in [-0.25, -0.2) is 0 Å². The average molecular weight is 578 g/mol. The second-order valence-electron chi connectivity index (χ2n) is 7.90. The van der Waals surface area contributed by atoms with E-state index in [-0.39, 0.29) is 133 Å². The maximum Gasteiger partial charge on any atom is 0 e. The van der Waals surface area contributed by atoms with E-state index in [1.165, 1.54) is 38.5 Å². The van der Waals surface area contributed by atoms with Gasteiger partial charge in [-0.2, -0.15) is 12.8 Å². The van der Waals surface area contributed by atoms with Crippen LogP contribution in [-0.2, 0) is 65.4 Å². The van der Waals surface area contributed by atoms with Gasteiger partial charge in [0, 0.05) is 73.8 Å². The molecule has 0 spiro atoms. The van der Waals surface area contributed by atoms with Gasteiger partial charge < -0.3 is 6.42 Å². The molecule has 0 unspecified atom stereocenters. The summed E-state index contributed by atoms with van der Waals surface area (Å²) >= 11 is 0. The third kappa shape index (κ3) is 17.7. The molecule has 0 aromatic carbocycles. The SMILES string of the molecule is C.C.C.C.C.C.C.C.CC1CCC(C2CCC(C3CC[CH-]CC3)CC2)CC1.[B].[Y].[Y]. The van der Waals surface area contributed by atoms with Gasteiger partial charge in [0.15, 0.2) is 0 Å². The Labute approximate surface area is 250 Å². The van der Waals surface area contributed by atoms with E-state index in [2.05, 4.69) is 13.3 Å². The largest absolute Gasteiger partial charge is 0.328 e. The van der Waals surface area contributed by atoms with Gasteiger partial charge in [0.25, 0.3) is 0 Å². The van der Waals surface area contributed by atoms with E-state index in [0.717, 1.165) is 29.6 Å². The molecule has 0 heterocycles. The summed E-state index contributed by atoms with van der Waals surface area (Å²) in [7, 11) is 0. The first-order valence-corrected chi connectivity index (χ1v) is 9.14. The fraction of sp³-hybridized carbons (Fsp3) is 0.963. The third-order valence-corrected chi connectivity index (χ3v) is 6.69. The molecule has 0 amide bonds. The van der Waals surface area contributed by atoms with Crippen LogP contribution < -0.4 is 0 Å². The maximum absolute atomic E-state index is 2.52. The predicted octanol–water partition coefficient (Wildman–Crippen LogP) is 10.7. The second kappa shape index (κ2) is 31.3. The number of hydrogen-bond donors (Lipinski definition) is 0. The molecule has 5 radical (unpaired) electrons. The molecule has 3 fully saturated rings.